The number of aromatic nitrogens is 4. The van der Waals surface area contributed by atoms with Crippen molar-refractivity contribution in [2.45, 2.75) is 13.5 Å². The Morgan fingerprint density at radius 3 is 3.00 bits per heavy atom. The van der Waals surface area contributed by atoms with Crippen molar-refractivity contribution in [2.24, 2.45) is 0 Å². The molecule has 9 heteroatoms. The van der Waals surface area contributed by atoms with E-state index in [1.807, 2.05) is 0 Å². The van der Waals surface area contributed by atoms with Gasteiger partial charge in [0.1, 0.15) is 5.52 Å². The normalized spacial score (nSPS) is 10.8. The van der Waals surface area contributed by atoms with Crippen LogP contribution in [0.5, 0.6) is 5.75 Å². The molecule has 8 nitrogen and oxygen atoms in total. The number of nitrogen functional groups attached to an aromatic ring is 1. The maximum atomic E-state index is 13.7. The smallest absolute Gasteiger partial charge is 0.328 e. The SMILES string of the molecule is C=CCNc1nc(N)c2[nH]c(=O)n(Cc3ccc(F)c(OCC)c3)c2n1. The van der Waals surface area contributed by atoms with E-state index >= 15 is 0 Å². The minimum atomic E-state index is -0.454. The van der Waals surface area contributed by atoms with Crippen molar-refractivity contribution in [3.8, 4) is 5.75 Å². The molecule has 0 atom stereocenters. The topological polar surface area (TPSA) is 111 Å². The Kier molecular flexibility index (Phi) is 4.87. The average molecular weight is 358 g/mol. The van der Waals surface area contributed by atoms with Gasteiger partial charge in [-0.3, -0.25) is 4.57 Å². The Morgan fingerprint density at radius 1 is 1.46 bits per heavy atom. The van der Waals surface area contributed by atoms with Crippen molar-refractivity contribution < 1.29 is 9.13 Å². The minimum Gasteiger partial charge on any atom is -0.491 e. The van der Waals surface area contributed by atoms with Gasteiger partial charge >= 0.3 is 5.69 Å². The Bertz CT molecular complexity index is 1010. The van der Waals surface area contributed by atoms with E-state index < -0.39 is 5.82 Å². The molecule has 0 saturated carbocycles. The molecular weight excluding hydrogens is 339 g/mol. The largest absolute Gasteiger partial charge is 0.491 e. The molecule has 3 rings (SSSR count). The second-order valence-electron chi connectivity index (χ2n) is 5.51. The van der Waals surface area contributed by atoms with Crippen LogP contribution in [0.2, 0.25) is 0 Å². The number of benzene rings is 1. The van der Waals surface area contributed by atoms with E-state index in [-0.39, 0.29) is 29.8 Å². The zero-order valence-corrected chi connectivity index (χ0v) is 14.3. The van der Waals surface area contributed by atoms with Crippen molar-refractivity contribution in [3.63, 3.8) is 0 Å². The lowest BCUT2D eigenvalue weighted by molar-refractivity contribution is 0.321. The number of imidazole rings is 1. The summed E-state index contributed by atoms with van der Waals surface area (Å²) < 4.78 is 20.4. The van der Waals surface area contributed by atoms with Crippen LogP contribution in [-0.2, 0) is 6.54 Å². The molecule has 0 aliphatic heterocycles. The summed E-state index contributed by atoms with van der Waals surface area (Å²) in [5.74, 6) is 0.132. The Balaban J connectivity index is 2.03. The monoisotopic (exact) mass is 358 g/mol. The molecule has 0 spiro atoms. The van der Waals surface area contributed by atoms with Gasteiger partial charge in [0.15, 0.2) is 23.0 Å². The quantitative estimate of drug-likeness (QED) is 0.556. The number of aromatic amines is 1. The summed E-state index contributed by atoms with van der Waals surface area (Å²) in [5.41, 5.74) is 6.93. The summed E-state index contributed by atoms with van der Waals surface area (Å²) in [4.78, 5) is 23.4. The Morgan fingerprint density at radius 2 is 2.27 bits per heavy atom. The van der Waals surface area contributed by atoms with Gasteiger partial charge in [0.2, 0.25) is 5.95 Å². The average Bonchev–Trinajstić information content (AvgIpc) is 2.93. The molecule has 0 unspecified atom stereocenters. The Hall–Kier alpha value is -3.36. The molecule has 0 radical (unpaired) electrons. The van der Waals surface area contributed by atoms with E-state index in [1.165, 1.54) is 10.6 Å². The van der Waals surface area contributed by atoms with Gasteiger partial charge in [0, 0.05) is 6.54 Å². The van der Waals surface area contributed by atoms with Gasteiger partial charge in [-0.05, 0) is 24.6 Å². The molecule has 4 N–H and O–H groups in total. The molecule has 0 aliphatic rings. The molecule has 2 heterocycles. The first kappa shape index (κ1) is 17.5. The highest BCUT2D eigenvalue weighted by Gasteiger charge is 2.15. The van der Waals surface area contributed by atoms with E-state index in [0.29, 0.717) is 29.9 Å². The van der Waals surface area contributed by atoms with E-state index in [0.717, 1.165) is 0 Å². The summed E-state index contributed by atoms with van der Waals surface area (Å²) in [6, 6.07) is 4.46. The molecule has 136 valence electrons. The van der Waals surface area contributed by atoms with Crippen LogP contribution in [0.1, 0.15) is 12.5 Å². The van der Waals surface area contributed by atoms with Crippen LogP contribution in [0.25, 0.3) is 11.2 Å². The second kappa shape index (κ2) is 7.26. The number of ether oxygens (including phenoxy) is 1. The lowest BCUT2D eigenvalue weighted by atomic mass is 10.2. The maximum absolute atomic E-state index is 13.7. The van der Waals surface area contributed by atoms with E-state index in [9.17, 15) is 9.18 Å². The molecule has 0 fully saturated rings. The van der Waals surface area contributed by atoms with Crippen LogP contribution < -0.4 is 21.5 Å². The van der Waals surface area contributed by atoms with Gasteiger partial charge in [-0.2, -0.15) is 9.97 Å². The van der Waals surface area contributed by atoms with Crippen LogP contribution in [-0.4, -0.2) is 32.7 Å². The number of nitrogens with two attached hydrogens (primary N) is 1. The fraction of sp³-hybridized carbons (Fsp3) is 0.235. The lowest BCUT2D eigenvalue weighted by Gasteiger charge is -2.09. The van der Waals surface area contributed by atoms with Gasteiger partial charge in [0.25, 0.3) is 0 Å². The molecule has 2 aromatic heterocycles. The zero-order valence-electron chi connectivity index (χ0n) is 14.3. The van der Waals surface area contributed by atoms with Crippen LogP contribution in [0.3, 0.4) is 0 Å². The van der Waals surface area contributed by atoms with Crippen molar-refractivity contribution in [3.05, 3.63) is 52.7 Å². The summed E-state index contributed by atoms with van der Waals surface area (Å²) in [6.07, 6.45) is 1.65. The third-order valence-electron chi connectivity index (χ3n) is 3.69. The zero-order chi connectivity index (χ0) is 18.7. The summed E-state index contributed by atoms with van der Waals surface area (Å²) in [5, 5.41) is 2.94. The van der Waals surface area contributed by atoms with E-state index in [2.05, 4.69) is 26.8 Å². The molecule has 0 aliphatic carbocycles. The van der Waals surface area contributed by atoms with Gasteiger partial charge in [-0.25, -0.2) is 9.18 Å². The van der Waals surface area contributed by atoms with Gasteiger partial charge in [-0.1, -0.05) is 12.1 Å². The molecular formula is C17H19FN6O2. The van der Waals surface area contributed by atoms with Gasteiger partial charge < -0.3 is 20.8 Å². The van der Waals surface area contributed by atoms with Crippen molar-refractivity contribution in [2.75, 3.05) is 24.2 Å². The van der Waals surface area contributed by atoms with Crippen LogP contribution in [0.4, 0.5) is 16.2 Å². The number of rotatable bonds is 7. The van der Waals surface area contributed by atoms with E-state index in [1.54, 1.807) is 25.1 Å². The highest BCUT2D eigenvalue weighted by Crippen LogP contribution is 2.21. The van der Waals surface area contributed by atoms with Gasteiger partial charge in [0.05, 0.1) is 13.2 Å². The molecule has 26 heavy (non-hydrogen) atoms. The number of hydrogen-bond donors (Lipinski definition) is 3. The predicted molar refractivity (Wildman–Crippen MR) is 97.9 cm³/mol. The number of H-pyrrole nitrogens is 1. The van der Waals surface area contributed by atoms with E-state index in [4.69, 9.17) is 10.5 Å². The fourth-order valence-electron chi connectivity index (χ4n) is 2.54. The molecule has 0 amide bonds. The van der Waals surface area contributed by atoms with Crippen LogP contribution in [0, 0.1) is 5.82 Å². The first-order chi connectivity index (χ1) is 12.5. The lowest BCUT2D eigenvalue weighted by Crippen LogP contribution is -2.18. The number of halogens is 1. The fourth-order valence-corrected chi connectivity index (χ4v) is 2.54. The third kappa shape index (κ3) is 3.37. The summed E-state index contributed by atoms with van der Waals surface area (Å²) in [7, 11) is 0. The number of anilines is 2. The molecule has 0 saturated heterocycles. The second-order valence-corrected chi connectivity index (χ2v) is 5.51. The minimum absolute atomic E-state index is 0.139. The first-order valence-electron chi connectivity index (χ1n) is 8.05. The Labute approximate surface area is 148 Å². The standard InChI is InChI=1S/C17H19FN6O2/c1-3-7-20-16-22-14(19)13-15(23-16)24(17(25)21-13)9-10-5-6-11(18)12(8-10)26-4-2/h3,5-6,8H,1,4,7,9H2,2H3,(H,21,25)(H3,19,20,22,23). The van der Waals surface area contributed by atoms with Crippen LogP contribution >= 0.6 is 0 Å². The van der Waals surface area contributed by atoms with Gasteiger partial charge in [-0.15, -0.1) is 6.58 Å². The number of fused-ring (bicyclic) bond motifs is 1. The highest BCUT2D eigenvalue weighted by atomic mass is 19.1. The predicted octanol–water partition coefficient (Wildman–Crippen LogP) is 1.89. The number of nitrogens with zero attached hydrogens (tertiary/aromatic N) is 3. The number of nitrogens with one attached hydrogen (secondary N) is 2. The molecule has 0 bridgehead atoms. The van der Waals surface area contributed by atoms with Crippen molar-refractivity contribution in [1.82, 2.24) is 19.5 Å². The first-order valence-corrected chi connectivity index (χ1v) is 8.05. The van der Waals surface area contributed by atoms with Crippen LogP contribution in [0.15, 0.2) is 35.6 Å². The molecule has 1 aromatic carbocycles. The number of hydrogen-bond acceptors (Lipinski definition) is 6. The van der Waals surface area contributed by atoms with Crippen molar-refractivity contribution >= 4 is 22.9 Å². The summed E-state index contributed by atoms with van der Waals surface area (Å²) in [6.45, 7) is 6.36. The molecule has 3 aromatic rings. The highest BCUT2D eigenvalue weighted by molar-refractivity contribution is 5.82. The van der Waals surface area contributed by atoms with Crippen molar-refractivity contribution in [1.29, 1.82) is 0 Å². The maximum Gasteiger partial charge on any atom is 0.328 e. The third-order valence-corrected chi connectivity index (χ3v) is 3.69. The summed E-state index contributed by atoms with van der Waals surface area (Å²) >= 11 is 0.